The van der Waals surface area contributed by atoms with Gasteiger partial charge in [0.05, 0.1) is 6.04 Å². The quantitative estimate of drug-likeness (QED) is 0.813. The molecule has 1 aliphatic heterocycles. The van der Waals surface area contributed by atoms with Crippen molar-refractivity contribution < 1.29 is 0 Å². The highest BCUT2D eigenvalue weighted by molar-refractivity contribution is 5.65. The van der Waals surface area contributed by atoms with Crippen LogP contribution in [0.5, 0.6) is 0 Å². The van der Waals surface area contributed by atoms with Gasteiger partial charge in [-0.2, -0.15) is 0 Å². The smallest absolute Gasteiger partial charge is 0.0514 e. The van der Waals surface area contributed by atoms with E-state index in [1.54, 1.807) is 0 Å². The maximum Gasteiger partial charge on any atom is 0.0514 e. The maximum atomic E-state index is 5.91. The highest BCUT2D eigenvalue weighted by Crippen LogP contribution is 2.36. The molecule has 2 aromatic rings. The summed E-state index contributed by atoms with van der Waals surface area (Å²) in [5, 5.41) is 0. The van der Waals surface area contributed by atoms with Crippen LogP contribution < -0.4 is 10.6 Å². The molecule has 0 amide bonds. The fraction of sp³-hybridized carbons (Fsp3) is 0.250. The van der Waals surface area contributed by atoms with Crippen molar-refractivity contribution in [3.63, 3.8) is 0 Å². The molecule has 0 saturated carbocycles. The van der Waals surface area contributed by atoms with E-state index in [4.69, 9.17) is 5.73 Å². The molecule has 0 radical (unpaired) electrons. The lowest BCUT2D eigenvalue weighted by molar-refractivity contribution is 0.697. The molecule has 0 bridgehead atoms. The minimum absolute atomic E-state index is 0.397. The summed E-state index contributed by atoms with van der Waals surface area (Å²) in [7, 11) is 0. The van der Waals surface area contributed by atoms with Crippen LogP contribution in [0.15, 0.2) is 48.5 Å². The molecule has 0 spiro atoms. The SMILES string of the molecule is C[C@H](c1ccccc1)N1CCc2ccc(N)cc21. The topological polar surface area (TPSA) is 29.3 Å². The van der Waals surface area contributed by atoms with E-state index in [2.05, 4.69) is 54.3 Å². The van der Waals surface area contributed by atoms with E-state index in [0.29, 0.717) is 6.04 Å². The van der Waals surface area contributed by atoms with Gasteiger partial charge in [-0.05, 0) is 36.6 Å². The third-order valence-electron chi connectivity index (χ3n) is 3.79. The van der Waals surface area contributed by atoms with Crippen molar-refractivity contribution in [1.82, 2.24) is 0 Å². The van der Waals surface area contributed by atoms with Crippen molar-refractivity contribution in [1.29, 1.82) is 0 Å². The number of nitrogens with zero attached hydrogens (tertiary/aromatic N) is 1. The average Bonchev–Trinajstić information content (AvgIpc) is 2.82. The number of nitrogens with two attached hydrogens (primary N) is 1. The Morgan fingerprint density at radius 3 is 2.67 bits per heavy atom. The molecule has 0 aliphatic carbocycles. The standard InChI is InChI=1S/C16H18N2/c1-12(13-5-3-2-4-6-13)18-10-9-14-7-8-15(17)11-16(14)18/h2-8,11-12H,9-10,17H2,1H3/t12-/m1/s1. The lowest BCUT2D eigenvalue weighted by atomic mass is 10.1. The molecule has 1 atom stereocenters. The van der Waals surface area contributed by atoms with Crippen LogP contribution in [0.4, 0.5) is 11.4 Å². The van der Waals surface area contributed by atoms with Crippen LogP contribution in [0.2, 0.25) is 0 Å². The molecule has 1 aliphatic rings. The number of nitrogen functional groups attached to an aromatic ring is 1. The summed E-state index contributed by atoms with van der Waals surface area (Å²) in [6.07, 6.45) is 1.12. The van der Waals surface area contributed by atoms with Crippen molar-refractivity contribution in [2.75, 3.05) is 17.2 Å². The van der Waals surface area contributed by atoms with Crippen molar-refractivity contribution in [3.8, 4) is 0 Å². The summed E-state index contributed by atoms with van der Waals surface area (Å²) in [6.45, 7) is 3.34. The Balaban J connectivity index is 1.94. The van der Waals surface area contributed by atoms with E-state index in [1.165, 1.54) is 16.8 Å². The van der Waals surface area contributed by atoms with E-state index in [0.717, 1.165) is 18.7 Å². The molecular formula is C16H18N2. The predicted molar refractivity (Wildman–Crippen MR) is 76.8 cm³/mol. The van der Waals surface area contributed by atoms with Gasteiger partial charge in [0.25, 0.3) is 0 Å². The first-order valence-electron chi connectivity index (χ1n) is 6.46. The summed E-state index contributed by atoms with van der Waals surface area (Å²) in [6, 6.07) is 17.3. The van der Waals surface area contributed by atoms with Crippen LogP contribution in [0, 0.1) is 0 Å². The summed E-state index contributed by atoms with van der Waals surface area (Å²) in [5.41, 5.74) is 10.8. The molecule has 0 unspecified atom stereocenters. The molecule has 1 heterocycles. The van der Waals surface area contributed by atoms with Gasteiger partial charge in [-0.15, -0.1) is 0 Å². The second-order valence-electron chi connectivity index (χ2n) is 4.92. The van der Waals surface area contributed by atoms with Gasteiger partial charge in [-0.1, -0.05) is 36.4 Å². The van der Waals surface area contributed by atoms with Crippen LogP contribution >= 0.6 is 0 Å². The van der Waals surface area contributed by atoms with Crippen molar-refractivity contribution in [3.05, 3.63) is 59.7 Å². The summed E-state index contributed by atoms with van der Waals surface area (Å²) >= 11 is 0. The molecule has 2 nitrogen and oxygen atoms in total. The number of hydrogen-bond acceptors (Lipinski definition) is 2. The summed E-state index contributed by atoms with van der Waals surface area (Å²) < 4.78 is 0. The summed E-state index contributed by atoms with van der Waals surface area (Å²) in [4.78, 5) is 2.45. The van der Waals surface area contributed by atoms with Gasteiger partial charge in [0.1, 0.15) is 0 Å². The monoisotopic (exact) mass is 238 g/mol. The van der Waals surface area contributed by atoms with Crippen molar-refractivity contribution >= 4 is 11.4 Å². The second-order valence-corrected chi connectivity index (χ2v) is 4.92. The Morgan fingerprint density at radius 2 is 1.89 bits per heavy atom. The Hall–Kier alpha value is -1.96. The Morgan fingerprint density at radius 1 is 1.11 bits per heavy atom. The predicted octanol–water partition coefficient (Wildman–Crippen LogP) is 3.39. The van der Waals surface area contributed by atoms with Gasteiger partial charge in [-0.3, -0.25) is 0 Å². The van der Waals surface area contributed by atoms with Crippen LogP contribution in [0.3, 0.4) is 0 Å². The van der Waals surface area contributed by atoms with E-state index >= 15 is 0 Å². The van der Waals surface area contributed by atoms with Crippen molar-refractivity contribution in [2.45, 2.75) is 19.4 Å². The lowest BCUT2D eigenvalue weighted by Crippen LogP contribution is -2.24. The van der Waals surface area contributed by atoms with Crippen LogP contribution in [-0.2, 0) is 6.42 Å². The molecule has 92 valence electrons. The zero-order valence-electron chi connectivity index (χ0n) is 10.6. The Bertz CT molecular complexity index is 548. The number of hydrogen-bond donors (Lipinski definition) is 1. The summed E-state index contributed by atoms with van der Waals surface area (Å²) in [5.74, 6) is 0. The molecule has 0 aromatic heterocycles. The van der Waals surface area contributed by atoms with Crippen LogP contribution in [-0.4, -0.2) is 6.54 Å². The molecule has 2 heteroatoms. The zero-order valence-corrected chi connectivity index (χ0v) is 10.6. The Kier molecular flexibility index (Phi) is 2.71. The minimum atomic E-state index is 0.397. The molecule has 0 saturated heterocycles. The van der Waals surface area contributed by atoms with E-state index in [9.17, 15) is 0 Å². The number of rotatable bonds is 2. The zero-order chi connectivity index (χ0) is 12.5. The highest BCUT2D eigenvalue weighted by Gasteiger charge is 2.24. The van der Waals surface area contributed by atoms with E-state index < -0.39 is 0 Å². The molecule has 0 fully saturated rings. The minimum Gasteiger partial charge on any atom is -0.399 e. The lowest BCUT2D eigenvalue weighted by Gasteiger charge is -2.28. The number of benzene rings is 2. The first kappa shape index (κ1) is 11.1. The van der Waals surface area contributed by atoms with Gasteiger partial charge >= 0.3 is 0 Å². The molecule has 2 N–H and O–H groups in total. The normalized spacial score (nSPS) is 15.5. The fourth-order valence-corrected chi connectivity index (χ4v) is 2.73. The molecule has 18 heavy (non-hydrogen) atoms. The van der Waals surface area contributed by atoms with E-state index in [1.807, 2.05) is 6.07 Å². The van der Waals surface area contributed by atoms with Gasteiger partial charge in [-0.25, -0.2) is 0 Å². The van der Waals surface area contributed by atoms with Crippen molar-refractivity contribution in [2.24, 2.45) is 0 Å². The third kappa shape index (κ3) is 1.84. The molecule has 3 rings (SSSR count). The number of anilines is 2. The maximum absolute atomic E-state index is 5.91. The molecule has 2 aromatic carbocycles. The largest absolute Gasteiger partial charge is 0.399 e. The second kappa shape index (κ2) is 4.37. The van der Waals surface area contributed by atoms with Crippen LogP contribution in [0.1, 0.15) is 24.1 Å². The molecular weight excluding hydrogens is 220 g/mol. The Labute approximate surface area is 108 Å². The van der Waals surface area contributed by atoms with E-state index in [-0.39, 0.29) is 0 Å². The number of fused-ring (bicyclic) bond motifs is 1. The fourth-order valence-electron chi connectivity index (χ4n) is 2.73. The van der Waals surface area contributed by atoms with Gasteiger partial charge < -0.3 is 10.6 Å². The average molecular weight is 238 g/mol. The highest BCUT2D eigenvalue weighted by atomic mass is 15.2. The first-order valence-corrected chi connectivity index (χ1v) is 6.46. The van der Waals surface area contributed by atoms with Gasteiger partial charge in [0.15, 0.2) is 0 Å². The van der Waals surface area contributed by atoms with Gasteiger partial charge in [0.2, 0.25) is 0 Å². The van der Waals surface area contributed by atoms with Gasteiger partial charge in [0, 0.05) is 17.9 Å². The first-order chi connectivity index (χ1) is 8.75. The third-order valence-corrected chi connectivity index (χ3v) is 3.79. The van der Waals surface area contributed by atoms with Crippen LogP contribution in [0.25, 0.3) is 0 Å².